The molecule has 42 valence electrons. The van der Waals surface area contributed by atoms with Crippen LogP contribution >= 0.6 is 0 Å². The molecule has 0 rings (SSSR count). The maximum absolute atomic E-state index is 9.47. The van der Waals surface area contributed by atoms with Gasteiger partial charge in [-0.25, -0.2) is 0 Å². The summed E-state index contributed by atoms with van der Waals surface area (Å²) in [6, 6.07) is 0. The van der Waals surface area contributed by atoms with Gasteiger partial charge >= 0.3 is 51.4 Å². The summed E-state index contributed by atoms with van der Waals surface area (Å²) in [6.45, 7) is -0.621. The van der Waals surface area contributed by atoms with Crippen molar-refractivity contribution in [1.29, 1.82) is 0 Å². The molecule has 4 nitrogen and oxygen atoms in total. The minimum atomic E-state index is -1.21. The molecule has 0 bridgehead atoms. The molecule has 0 fully saturated rings. The third-order valence-corrected chi connectivity index (χ3v) is 0.381. The topological polar surface area (TPSA) is 72.4 Å². The van der Waals surface area contributed by atoms with Gasteiger partial charge in [0.1, 0.15) is 0 Å². The van der Waals surface area contributed by atoms with Gasteiger partial charge in [-0.3, -0.25) is 5.32 Å². The molecular formula is C3H6KNO3. The van der Waals surface area contributed by atoms with Crippen molar-refractivity contribution in [2.24, 2.45) is 0 Å². The van der Waals surface area contributed by atoms with Crippen molar-refractivity contribution < 1.29 is 66.4 Å². The van der Waals surface area contributed by atoms with Crippen molar-refractivity contribution >= 4 is 5.97 Å². The van der Waals surface area contributed by atoms with Crippen LogP contribution in [0, 0.1) is 0 Å². The van der Waals surface area contributed by atoms with Crippen molar-refractivity contribution in [2.45, 2.75) is 0 Å². The van der Waals surface area contributed by atoms with Gasteiger partial charge in [-0.2, -0.15) is 0 Å². The number of nitrogens with one attached hydrogen (secondary N) is 1. The minimum Gasteiger partial charge on any atom is -0.549 e. The number of carboxylic acids is 1. The Bertz CT molecular complexity index is 67.5. The zero-order valence-corrected chi connectivity index (χ0v) is 7.80. The van der Waals surface area contributed by atoms with Gasteiger partial charge in [0.05, 0.1) is 12.7 Å². The number of rotatable bonds is 3. The molecule has 0 amide bonds. The minimum absolute atomic E-state index is 0. The van der Waals surface area contributed by atoms with Gasteiger partial charge in [0.15, 0.2) is 0 Å². The van der Waals surface area contributed by atoms with E-state index in [2.05, 4.69) is 5.32 Å². The summed E-state index contributed by atoms with van der Waals surface area (Å²) >= 11 is 0. The predicted octanol–water partition coefficient (Wildman–Crippen LogP) is -5.72. The fraction of sp³-hybridized carbons (Fsp3) is 0.667. The summed E-state index contributed by atoms with van der Waals surface area (Å²) in [5.41, 5.74) is 0. The maximum Gasteiger partial charge on any atom is 1.00 e. The number of hydrogen-bond acceptors (Lipinski definition) is 4. The molecule has 5 heteroatoms. The number of aliphatic hydroxyl groups excluding tert-OH is 1. The molecule has 0 aliphatic rings. The number of hydrogen-bond donors (Lipinski definition) is 2. The second-order valence-electron chi connectivity index (χ2n) is 0.957. The smallest absolute Gasteiger partial charge is 0.549 e. The normalized spacial score (nSPS) is 7.62. The summed E-state index contributed by atoms with van der Waals surface area (Å²) in [6.07, 6.45) is 0. The third-order valence-electron chi connectivity index (χ3n) is 0.381. The predicted molar refractivity (Wildman–Crippen MR) is 20.1 cm³/mol. The zero-order valence-electron chi connectivity index (χ0n) is 4.68. The fourth-order valence-corrected chi connectivity index (χ4v) is 0.158. The number of aliphatic carboxylic acids is 1. The van der Waals surface area contributed by atoms with Crippen LogP contribution in [0.5, 0.6) is 0 Å². The van der Waals surface area contributed by atoms with E-state index in [4.69, 9.17) is 5.11 Å². The van der Waals surface area contributed by atoms with Crippen molar-refractivity contribution in [3.63, 3.8) is 0 Å². The van der Waals surface area contributed by atoms with Gasteiger partial charge in [-0.1, -0.05) is 0 Å². The van der Waals surface area contributed by atoms with E-state index in [9.17, 15) is 9.90 Å². The van der Waals surface area contributed by atoms with Gasteiger partial charge in [-0.05, 0) is 0 Å². The second-order valence-corrected chi connectivity index (χ2v) is 0.957. The Morgan fingerprint density at radius 2 is 2.25 bits per heavy atom. The second kappa shape index (κ2) is 8.03. The van der Waals surface area contributed by atoms with Crippen molar-refractivity contribution in [3.05, 3.63) is 0 Å². The Hall–Kier alpha value is 1.03. The average molecular weight is 143 g/mol. The van der Waals surface area contributed by atoms with E-state index in [1.165, 1.54) is 0 Å². The van der Waals surface area contributed by atoms with Crippen molar-refractivity contribution in [2.75, 3.05) is 13.3 Å². The summed E-state index contributed by atoms with van der Waals surface area (Å²) in [5, 5.41) is 19.5. The molecule has 0 unspecified atom stereocenters. The van der Waals surface area contributed by atoms with Crippen LogP contribution in [0.4, 0.5) is 0 Å². The van der Waals surface area contributed by atoms with Crippen LogP contribution in [-0.4, -0.2) is 24.4 Å². The summed E-state index contributed by atoms with van der Waals surface area (Å²) in [5.74, 6) is -1.21. The summed E-state index contributed by atoms with van der Waals surface area (Å²) in [7, 11) is 0. The molecule has 0 spiro atoms. The number of carbonyl (C=O) groups excluding carboxylic acids is 1. The average Bonchev–Trinajstić information content (AvgIpc) is 1.61. The van der Waals surface area contributed by atoms with E-state index in [1.807, 2.05) is 0 Å². The van der Waals surface area contributed by atoms with Crippen LogP contribution in [0.15, 0.2) is 0 Å². The largest absolute Gasteiger partial charge is 1.00 e. The van der Waals surface area contributed by atoms with Gasteiger partial charge in [-0.15, -0.1) is 0 Å². The SMILES string of the molecule is O=C([O-])CNCO.[K+]. The molecular weight excluding hydrogens is 137 g/mol. The molecule has 0 radical (unpaired) electrons. The monoisotopic (exact) mass is 143 g/mol. The molecule has 0 heterocycles. The number of carbonyl (C=O) groups is 1. The first-order chi connectivity index (χ1) is 3.27. The van der Waals surface area contributed by atoms with Crippen LogP contribution < -0.4 is 61.8 Å². The zero-order chi connectivity index (χ0) is 5.70. The molecule has 0 aliphatic carbocycles. The molecule has 8 heavy (non-hydrogen) atoms. The molecule has 0 saturated carbocycles. The van der Waals surface area contributed by atoms with Gasteiger partial charge in [0.25, 0.3) is 0 Å². The van der Waals surface area contributed by atoms with E-state index in [1.54, 1.807) is 0 Å². The Morgan fingerprint density at radius 3 is 2.38 bits per heavy atom. The van der Waals surface area contributed by atoms with Gasteiger partial charge in [0.2, 0.25) is 0 Å². The molecule has 0 aromatic heterocycles. The first-order valence-corrected chi connectivity index (χ1v) is 1.79. The van der Waals surface area contributed by atoms with Crippen molar-refractivity contribution in [3.8, 4) is 0 Å². The van der Waals surface area contributed by atoms with Crippen molar-refractivity contribution in [1.82, 2.24) is 5.32 Å². The standard InChI is InChI=1S/C3H7NO3.K/c5-2-4-1-3(6)7;/h4-5H,1-2H2,(H,6,7);/q;+1/p-1. The Labute approximate surface area is 89.7 Å². The maximum atomic E-state index is 9.47. The third kappa shape index (κ3) is 10.1. The summed E-state index contributed by atoms with van der Waals surface area (Å²) < 4.78 is 0. The molecule has 2 N–H and O–H groups in total. The molecule has 0 aromatic carbocycles. The molecule has 0 aromatic rings. The van der Waals surface area contributed by atoms with Gasteiger partial charge < -0.3 is 15.0 Å². The molecule has 0 saturated heterocycles. The first-order valence-electron chi connectivity index (χ1n) is 1.79. The Kier molecular flexibility index (Phi) is 11.8. The van der Waals surface area contributed by atoms with E-state index < -0.39 is 5.97 Å². The van der Waals surface area contributed by atoms with Crippen LogP contribution in [0.3, 0.4) is 0 Å². The first kappa shape index (κ1) is 11.8. The molecule has 0 aliphatic heterocycles. The van der Waals surface area contributed by atoms with Crippen LogP contribution in [0.1, 0.15) is 0 Å². The van der Waals surface area contributed by atoms with Crippen LogP contribution in [0.2, 0.25) is 0 Å². The van der Waals surface area contributed by atoms with Crippen LogP contribution in [-0.2, 0) is 4.79 Å². The summed E-state index contributed by atoms with van der Waals surface area (Å²) in [4.78, 5) is 9.47. The molecule has 0 atom stereocenters. The van der Waals surface area contributed by atoms with Crippen LogP contribution in [0.25, 0.3) is 0 Å². The number of carboxylic acid groups (broad SMARTS) is 1. The quantitative estimate of drug-likeness (QED) is 0.305. The fourth-order valence-electron chi connectivity index (χ4n) is 0.158. The Balaban J connectivity index is 0. The number of aliphatic hydroxyl groups is 1. The van der Waals surface area contributed by atoms with E-state index in [0.29, 0.717) is 0 Å². The van der Waals surface area contributed by atoms with Gasteiger partial charge in [0, 0.05) is 6.54 Å². The van der Waals surface area contributed by atoms with E-state index >= 15 is 0 Å². The van der Waals surface area contributed by atoms with E-state index in [-0.39, 0.29) is 64.7 Å². The Morgan fingerprint density at radius 1 is 1.75 bits per heavy atom. The van der Waals surface area contributed by atoms with E-state index in [0.717, 1.165) is 0 Å².